The van der Waals surface area contributed by atoms with Crippen LogP contribution in [-0.2, 0) is 0 Å². The van der Waals surface area contributed by atoms with E-state index in [1.54, 1.807) is 6.08 Å². The second kappa shape index (κ2) is 15.7. The van der Waals surface area contributed by atoms with E-state index in [-0.39, 0.29) is 6.61 Å². The lowest BCUT2D eigenvalue weighted by molar-refractivity contribution is 0.342. The first-order chi connectivity index (χ1) is 8.91. The molecule has 18 heavy (non-hydrogen) atoms. The molecule has 0 bridgehead atoms. The van der Waals surface area contributed by atoms with Crippen molar-refractivity contribution >= 4 is 0 Å². The average Bonchev–Trinajstić information content (AvgIpc) is 2.39. The molecule has 0 aromatic rings. The highest BCUT2D eigenvalue weighted by molar-refractivity contribution is 5.00. The van der Waals surface area contributed by atoms with E-state index in [0.717, 1.165) is 32.1 Å². The number of hydrogen-bond donors (Lipinski definition) is 1. The van der Waals surface area contributed by atoms with E-state index in [9.17, 15) is 0 Å². The van der Waals surface area contributed by atoms with Crippen LogP contribution in [0.4, 0.5) is 0 Å². The molecule has 0 saturated carbocycles. The largest absolute Gasteiger partial charge is 0.392 e. The summed E-state index contributed by atoms with van der Waals surface area (Å²) in [6, 6.07) is 0. The van der Waals surface area contributed by atoms with Crippen LogP contribution in [0.2, 0.25) is 0 Å². The Morgan fingerprint density at radius 1 is 0.556 bits per heavy atom. The lowest BCUT2D eigenvalue weighted by atomic mass is 10.2. The van der Waals surface area contributed by atoms with Gasteiger partial charge in [0.25, 0.3) is 0 Å². The highest BCUT2D eigenvalue weighted by Crippen LogP contribution is 1.95. The average molecular weight is 246 g/mol. The molecular formula is C17H26O. The zero-order valence-corrected chi connectivity index (χ0v) is 11.5. The summed E-state index contributed by atoms with van der Waals surface area (Å²) < 4.78 is 0. The summed E-state index contributed by atoms with van der Waals surface area (Å²) in [6.07, 6.45) is 26.2. The molecule has 1 heteroatoms. The maximum atomic E-state index is 8.52. The molecule has 0 radical (unpaired) electrons. The van der Waals surface area contributed by atoms with E-state index in [0.29, 0.717) is 0 Å². The summed E-state index contributed by atoms with van der Waals surface area (Å²) in [5.74, 6) is 0. The van der Waals surface area contributed by atoms with Gasteiger partial charge < -0.3 is 5.11 Å². The fourth-order valence-electron chi connectivity index (χ4n) is 1.33. The van der Waals surface area contributed by atoms with Crippen LogP contribution in [0.3, 0.4) is 0 Å². The number of allylic oxidation sites excluding steroid dienone is 9. The predicted molar refractivity (Wildman–Crippen MR) is 81.5 cm³/mol. The molecule has 0 atom stereocenters. The Morgan fingerprint density at radius 3 is 1.22 bits per heavy atom. The molecule has 1 N–H and O–H groups in total. The minimum atomic E-state index is 0.132. The van der Waals surface area contributed by atoms with Crippen molar-refractivity contribution in [3.05, 3.63) is 60.8 Å². The maximum absolute atomic E-state index is 8.52. The van der Waals surface area contributed by atoms with Crippen LogP contribution in [0.5, 0.6) is 0 Å². The minimum absolute atomic E-state index is 0.132. The first-order valence-electron chi connectivity index (χ1n) is 6.77. The number of rotatable bonds is 10. The van der Waals surface area contributed by atoms with Gasteiger partial charge in [-0.3, -0.25) is 0 Å². The third-order valence-electron chi connectivity index (χ3n) is 2.26. The van der Waals surface area contributed by atoms with Crippen molar-refractivity contribution in [2.45, 2.75) is 39.0 Å². The molecule has 100 valence electrons. The van der Waals surface area contributed by atoms with E-state index in [2.05, 4.69) is 55.5 Å². The van der Waals surface area contributed by atoms with E-state index in [4.69, 9.17) is 5.11 Å². The summed E-state index contributed by atoms with van der Waals surface area (Å²) in [6.45, 7) is 2.28. The monoisotopic (exact) mass is 246 g/mol. The van der Waals surface area contributed by atoms with Gasteiger partial charge in [0, 0.05) is 0 Å². The van der Waals surface area contributed by atoms with Crippen LogP contribution in [-0.4, -0.2) is 11.7 Å². The van der Waals surface area contributed by atoms with Gasteiger partial charge in [-0.2, -0.15) is 0 Å². The Hall–Kier alpha value is -1.34. The van der Waals surface area contributed by atoms with Crippen molar-refractivity contribution in [1.82, 2.24) is 0 Å². The van der Waals surface area contributed by atoms with Gasteiger partial charge in [-0.15, -0.1) is 0 Å². The van der Waals surface area contributed by atoms with E-state index >= 15 is 0 Å². The predicted octanol–water partition coefficient (Wildman–Crippen LogP) is 4.73. The summed E-state index contributed by atoms with van der Waals surface area (Å²) >= 11 is 0. The fourth-order valence-corrected chi connectivity index (χ4v) is 1.33. The quantitative estimate of drug-likeness (QED) is 0.552. The molecule has 0 aliphatic carbocycles. The topological polar surface area (TPSA) is 20.2 Å². The van der Waals surface area contributed by atoms with Gasteiger partial charge in [-0.05, 0) is 32.1 Å². The van der Waals surface area contributed by atoms with E-state index < -0.39 is 0 Å². The van der Waals surface area contributed by atoms with Crippen LogP contribution in [0.15, 0.2) is 60.8 Å². The van der Waals surface area contributed by atoms with Gasteiger partial charge in [-0.1, -0.05) is 67.7 Å². The molecule has 0 aliphatic heterocycles. The van der Waals surface area contributed by atoms with Crippen LogP contribution in [0, 0.1) is 0 Å². The summed E-state index contributed by atoms with van der Waals surface area (Å²) in [4.78, 5) is 0. The van der Waals surface area contributed by atoms with Crippen LogP contribution >= 0.6 is 0 Å². The minimum Gasteiger partial charge on any atom is -0.392 e. The van der Waals surface area contributed by atoms with Crippen LogP contribution < -0.4 is 0 Å². The third kappa shape index (κ3) is 14.7. The molecule has 0 amide bonds. The second-order valence-corrected chi connectivity index (χ2v) is 3.89. The summed E-state index contributed by atoms with van der Waals surface area (Å²) in [5, 5.41) is 8.52. The van der Waals surface area contributed by atoms with Gasteiger partial charge in [0.05, 0.1) is 6.61 Å². The Balaban J connectivity index is 3.42. The van der Waals surface area contributed by atoms with Crippen molar-refractivity contribution in [2.75, 3.05) is 6.61 Å². The van der Waals surface area contributed by atoms with Gasteiger partial charge in [-0.25, -0.2) is 0 Å². The highest BCUT2D eigenvalue weighted by Gasteiger charge is 1.74. The molecule has 0 unspecified atom stereocenters. The Kier molecular flexibility index (Phi) is 14.5. The third-order valence-corrected chi connectivity index (χ3v) is 2.26. The van der Waals surface area contributed by atoms with Crippen molar-refractivity contribution < 1.29 is 5.11 Å². The second-order valence-electron chi connectivity index (χ2n) is 3.89. The van der Waals surface area contributed by atoms with Gasteiger partial charge >= 0.3 is 0 Å². The molecular weight excluding hydrogens is 220 g/mol. The molecule has 0 saturated heterocycles. The molecule has 0 aromatic carbocycles. The number of hydrogen-bond acceptors (Lipinski definition) is 1. The summed E-state index contributed by atoms with van der Waals surface area (Å²) in [7, 11) is 0. The van der Waals surface area contributed by atoms with E-state index in [1.165, 1.54) is 0 Å². The van der Waals surface area contributed by atoms with E-state index in [1.807, 2.05) is 6.08 Å². The standard InChI is InChI=1S/C17H26O/c1-2-3-4-5-6-7-8-9-10-11-12-13-14-15-16-17-18/h3-4,6-7,9-10,12-13,15-16,18H,2,5,8,11,14,17H2,1H3/b4-3-,7-6-,10-9-,13-12-,16-15-. The molecule has 0 aliphatic rings. The molecule has 1 nitrogen and oxygen atoms in total. The first-order valence-corrected chi connectivity index (χ1v) is 6.77. The van der Waals surface area contributed by atoms with Gasteiger partial charge in [0.1, 0.15) is 0 Å². The van der Waals surface area contributed by atoms with Gasteiger partial charge in [0.15, 0.2) is 0 Å². The molecule has 0 heterocycles. The first kappa shape index (κ1) is 16.7. The lowest BCUT2D eigenvalue weighted by Crippen LogP contribution is -1.69. The smallest absolute Gasteiger partial charge is 0.0612 e. The Bertz CT molecular complexity index is 263. The normalized spacial score (nSPS) is 13.2. The fraction of sp³-hybridized carbons (Fsp3) is 0.412. The molecule has 0 rings (SSSR count). The molecule has 0 fully saturated rings. The molecule has 0 aromatic heterocycles. The lowest BCUT2D eigenvalue weighted by Gasteiger charge is -1.85. The van der Waals surface area contributed by atoms with Crippen molar-refractivity contribution in [1.29, 1.82) is 0 Å². The SMILES string of the molecule is CC/C=C\C/C=C\C/C=C\C/C=C\C/C=C\CO. The van der Waals surface area contributed by atoms with Crippen molar-refractivity contribution in [3.63, 3.8) is 0 Å². The zero-order valence-electron chi connectivity index (χ0n) is 11.5. The summed E-state index contributed by atoms with van der Waals surface area (Å²) in [5.41, 5.74) is 0. The van der Waals surface area contributed by atoms with Crippen LogP contribution in [0.1, 0.15) is 39.0 Å². The zero-order chi connectivity index (χ0) is 13.3. The van der Waals surface area contributed by atoms with Crippen molar-refractivity contribution in [3.8, 4) is 0 Å². The maximum Gasteiger partial charge on any atom is 0.0612 e. The number of aliphatic hydroxyl groups excluding tert-OH is 1. The highest BCUT2D eigenvalue weighted by atomic mass is 16.2. The van der Waals surface area contributed by atoms with Gasteiger partial charge in [0.2, 0.25) is 0 Å². The molecule has 0 spiro atoms. The Morgan fingerprint density at radius 2 is 0.889 bits per heavy atom. The Labute approximate surface area is 112 Å². The number of aliphatic hydroxyl groups is 1. The van der Waals surface area contributed by atoms with Crippen molar-refractivity contribution in [2.24, 2.45) is 0 Å². The van der Waals surface area contributed by atoms with Crippen LogP contribution in [0.25, 0.3) is 0 Å².